The molecule has 0 spiro atoms. The van der Waals surface area contributed by atoms with E-state index in [9.17, 15) is 4.79 Å². The SMILES string of the molecule is O=C(OCCCn1cc(Br)cn1)c1ccccc1. The number of ether oxygens (including phenoxy) is 1. The third-order valence-corrected chi connectivity index (χ3v) is 2.79. The van der Waals surface area contributed by atoms with Crippen molar-refractivity contribution in [3.8, 4) is 0 Å². The molecule has 0 aliphatic rings. The predicted octanol–water partition coefficient (Wildman–Crippen LogP) is 2.89. The van der Waals surface area contributed by atoms with Crippen LogP contribution in [0.1, 0.15) is 16.8 Å². The van der Waals surface area contributed by atoms with Crippen molar-refractivity contribution in [2.24, 2.45) is 0 Å². The Kier molecular flexibility index (Phi) is 4.52. The first-order chi connectivity index (χ1) is 8.75. The van der Waals surface area contributed by atoms with Gasteiger partial charge in [-0.1, -0.05) is 18.2 Å². The second-order valence-corrected chi connectivity index (χ2v) is 4.69. The number of benzene rings is 1. The second kappa shape index (κ2) is 6.35. The van der Waals surface area contributed by atoms with E-state index < -0.39 is 0 Å². The molecule has 0 saturated carbocycles. The van der Waals surface area contributed by atoms with Gasteiger partial charge in [-0.3, -0.25) is 4.68 Å². The number of nitrogens with zero attached hydrogens (tertiary/aromatic N) is 2. The Morgan fingerprint density at radius 2 is 2.11 bits per heavy atom. The van der Waals surface area contributed by atoms with Crippen LogP contribution in [0.2, 0.25) is 0 Å². The van der Waals surface area contributed by atoms with Crippen molar-refractivity contribution in [1.82, 2.24) is 9.78 Å². The van der Waals surface area contributed by atoms with Crippen LogP contribution in [0.5, 0.6) is 0 Å². The van der Waals surface area contributed by atoms with Gasteiger partial charge in [-0.15, -0.1) is 0 Å². The molecule has 94 valence electrons. The molecule has 0 saturated heterocycles. The Hall–Kier alpha value is -1.62. The van der Waals surface area contributed by atoms with E-state index in [0.717, 1.165) is 17.4 Å². The molecule has 4 nitrogen and oxygen atoms in total. The van der Waals surface area contributed by atoms with Gasteiger partial charge in [-0.05, 0) is 28.1 Å². The van der Waals surface area contributed by atoms with E-state index >= 15 is 0 Å². The normalized spacial score (nSPS) is 10.3. The summed E-state index contributed by atoms with van der Waals surface area (Å²) in [5.41, 5.74) is 0.583. The minimum Gasteiger partial charge on any atom is -0.462 e. The van der Waals surface area contributed by atoms with Gasteiger partial charge >= 0.3 is 5.97 Å². The quantitative estimate of drug-likeness (QED) is 0.630. The molecular weight excluding hydrogens is 296 g/mol. The summed E-state index contributed by atoms with van der Waals surface area (Å²) < 4.78 is 7.92. The minimum atomic E-state index is -0.280. The van der Waals surface area contributed by atoms with Crippen molar-refractivity contribution in [3.05, 3.63) is 52.8 Å². The number of carbonyl (C=O) groups excluding carboxylic acids is 1. The summed E-state index contributed by atoms with van der Waals surface area (Å²) in [6, 6.07) is 8.99. The van der Waals surface area contributed by atoms with Crippen LogP contribution < -0.4 is 0 Å². The molecule has 0 N–H and O–H groups in total. The van der Waals surface area contributed by atoms with Gasteiger partial charge in [0.15, 0.2) is 0 Å². The zero-order chi connectivity index (χ0) is 12.8. The maximum Gasteiger partial charge on any atom is 0.338 e. The average molecular weight is 309 g/mol. The molecule has 1 aromatic heterocycles. The van der Waals surface area contributed by atoms with E-state index in [-0.39, 0.29) is 5.97 Å². The molecule has 18 heavy (non-hydrogen) atoms. The lowest BCUT2D eigenvalue weighted by Crippen LogP contribution is -2.08. The maximum atomic E-state index is 11.6. The molecule has 2 aromatic rings. The van der Waals surface area contributed by atoms with Crippen molar-refractivity contribution in [3.63, 3.8) is 0 Å². The molecule has 0 bridgehead atoms. The summed E-state index contributed by atoms with van der Waals surface area (Å²) in [5.74, 6) is -0.280. The van der Waals surface area contributed by atoms with Gasteiger partial charge in [-0.2, -0.15) is 5.10 Å². The monoisotopic (exact) mass is 308 g/mol. The van der Waals surface area contributed by atoms with E-state index in [1.165, 1.54) is 0 Å². The molecule has 0 amide bonds. The Balaban J connectivity index is 1.71. The Morgan fingerprint density at radius 1 is 1.33 bits per heavy atom. The lowest BCUT2D eigenvalue weighted by Gasteiger charge is -2.04. The van der Waals surface area contributed by atoms with Crippen LogP contribution in [0.4, 0.5) is 0 Å². The van der Waals surface area contributed by atoms with Gasteiger partial charge in [-0.25, -0.2) is 4.79 Å². The van der Waals surface area contributed by atoms with Crippen LogP contribution in [-0.2, 0) is 11.3 Å². The Bertz CT molecular complexity index is 511. The molecule has 0 atom stereocenters. The molecule has 0 aliphatic carbocycles. The van der Waals surface area contributed by atoms with Crippen molar-refractivity contribution >= 4 is 21.9 Å². The van der Waals surface area contributed by atoms with Crippen LogP contribution in [0.3, 0.4) is 0 Å². The fourth-order valence-electron chi connectivity index (χ4n) is 1.51. The molecule has 1 aromatic carbocycles. The summed E-state index contributed by atoms with van der Waals surface area (Å²) in [7, 11) is 0. The maximum absolute atomic E-state index is 11.6. The minimum absolute atomic E-state index is 0.280. The van der Waals surface area contributed by atoms with Crippen molar-refractivity contribution in [2.75, 3.05) is 6.61 Å². The summed E-state index contributed by atoms with van der Waals surface area (Å²) in [5, 5.41) is 4.12. The molecule has 1 heterocycles. The number of hydrogen-bond acceptors (Lipinski definition) is 3. The van der Waals surface area contributed by atoms with Crippen LogP contribution in [0.25, 0.3) is 0 Å². The fourth-order valence-corrected chi connectivity index (χ4v) is 1.84. The van der Waals surface area contributed by atoms with E-state index in [2.05, 4.69) is 21.0 Å². The van der Waals surface area contributed by atoms with E-state index in [0.29, 0.717) is 12.2 Å². The summed E-state index contributed by atoms with van der Waals surface area (Å²) >= 11 is 3.33. The highest BCUT2D eigenvalue weighted by atomic mass is 79.9. The Labute approximate surface area is 114 Å². The summed E-state index contributed by atoms with van der Waals surface area (Å²) in [6.45, 7) is 1.12. The standard InChI is InChI=1S/C13H13BrN2O2/c14-12-9-15-16(10-12)7-4-8-18-13(17)11-5-2-1-3-6-11/h1-3,5-6,9-10H,4,7-8H2. The molecule has 0 unspecified atom stereocenters. The molecule has 0 aliphatic heterocycles. The lowest BCUT2D eigenvalue weighted by molar-refractivity contribution is 0.0495. The Morgan fingerprint density at radius 3 is 2.78 bits per heavy atom. The summed E-state index contributed by atoms with van der Waals surface area (Å²) in [4.78, 5) is 11.6. The first-order valence-corrected chi connectivity index (χ1v) is 6.45. The number of carbonyl (C=O) groups is 1. The third-order valence-electron chi connectivity index (χ3n) is 2.38. The van der Waals surface area contributed by atoms with Gasteiger partial charge in [0.2, 0.25) is 0 Å². The number of esters is 1. The first kappa shape index (κ1) is 12.8. The van der Waals surface area contributed by atoms with E-state index in [4.69, 9.17) is 4.74 Å². The molecule has 2 rings (SSSR count). The highest BCUT2D eigenvalue weighted by Crippen LogP contribution is 2.07. The van der Waals surface area contributed by atoms with Gasteiger partial charge in [0.1, 0.15) is 0 Å². The topological polar surface area (TPSA) is 44.1 Å². The van der Waals surface area contributed by atoms with Crippen molar-refractivity contribution in [2.45, 2.75) is 13.0 Å². The molecule has 5 heteroatoms. The molecular formula is C13H13BrN2O2. The van der Waals surface area contributed by atoms with Crippen molar-refractivity contribution in [1.29, 1.82) is 0 Å². The van der Waals surface area contributed by atoms with Gasteiger partial charge in [0, 0.05) is 19.2 Å². The van der Waals surface area contributed by atoms with Crippen LogP contribution >= 0.6 is 15.9 Å². The zero-order valence-electron chi connectivity index (χ0n) is 9.75. The number of hydrogen-bond donors (Lipinski definition) is 0. The first-order valence-electron chi connectivity index (χ1n) is 5.66. The third kappa shape index (κ3) is 3.70. The number of aromatic nitrogens is 2. The lowest BCUT2D eigenvalue weighted by atomic mass is 10.2. The van der Waals surface area contributed by atoms with Crippen molar-refractivity contribution < 1.29 is 9.53 Å². The number of halogens is 1. The fraction of sp³-hybridized carbons (Fsp3) is 0.231. The van der Waals surface area contributed by atoms with Gasteiger partial charge in [0.05, 0.1) is 22.8 Å². The number of aryl methyl sites for hydroxylation is 1. The molecule has 0 radical (unpaired) electrons. The van der Waals surface area contributed by atoms with Crippen LogP contribution in [0.15, 0.2) is 47.2 Å². The van der Waals surface area contributed by atoms with E-state index in [1.807, 2.05) is 24.4 Å². The predicted molar refractivity (Wildman–Crippen MR) is 71.3 cm³/mol. The van der Waals surface area contributed by atoms with Crippen LogP contribution in [0, 0.1) is 0 Å². The second-order valence-electron chi connectivity index (χ2n) is 3.78. The smallest absolute Gasteiger partial charge is 0.338 e. The number of rotatable bonds is 5. The highest BCUT2D eigenvalue weighted by Gasteiger charge is 2.05. The molecule has 0 fully saturated rings. The van der Waals surface area contributed by atoms with E-state index in [1.54, 1.807) is 23.0 Å². The zero-order valence-corrected chi connectivity index (χ0v) is 11.3. The largest absolute Gasteiger partial charge is 0.462 e. The summed E-state index contributed by atoms with van der Waals surface area (Å²) in [6.07, 6.45) is 4.36. The van der Waals surface area contributed by atoms with Gasteiger partial charge in [0.25, 0.3) is 0 Å². The highest BCUT2D eigenvalue weighted by molar-refractivity contribution is 9.10. The average Bonchev–Trinajstić information content (AvgIpc) is 2.81. The van der Waals surface area contributed by atoms with Gasteiger partial charge < -0.3 is 4.74 Å². The van der Waals surface area contributed by atoms with Crippen LogP contribution in [-0.4, -0.2) is 22.4 Å².